The van der Waals surface area contributed by atoms with Gasteiger partial charge in [0.2, 0.25) is 0 Å². The lowest BCUT2D eigenvalue weighted by Gasteiger charge is -1.85. The van der Waals surface area contributed by atoms with Crippen LogP contribution in [0.4, 0.5) is 11.4 Å². The molecule has 0 amide bonds. The summed E-state index contributed by atoms with van der Waals surface area (Å²) in [5.41, 5.74) is 6.32. The van der Waals surface area contributed by atoms with Crippen LogP contribution >= 0.6 is 0 Å². The minimum Gasteiger partial charge on any atom is -0.399 e. The van der Waals surface area contributed by atoms with Gasteiger partial charge in [0.25, 0.3) is 5.69 Å². The Labute approximate surface area is 121 Å². The molecular weight excluding hydrogens is 252 g/mol. The first-order valence-corrected chi connectivity index (χ1v) is 6.70. The van der Waals surface area contributed by atoms with Crippen LogP contribution in [-0.4, -0.2) is 4.92 Å². The van der Waals surface area contributed by atoms with E-state index in [9.17, 15) is 10.1 Å². The van der Waals surface area contributed by atoms with Gasteiger partial charge in [0, 0.05) is 17.8 Å². The predicted molar refractivity (Wildman–Crippen MR) is 86.6 cm³/mol. The van der Waals surface area contributed by atoms with Crippen LogP contribution in [0.3, 0.4) is 0 Å². The van der Waals surface area contributed by atoms with Gasteiger partial charge in [-0.15, -0.1) is 0 Å². The normalized spacial score (nSPS) is 7.60. The first-order chi connectivity index (χ1) is 9.70. The second-order valence-corrected chi connectivity index (χ2v) is 3.00. The second kappa shape index (κ2) is 14.7. The van der Waals surface area contributed by atoms with Crippen LogP contribution < -0.4 is 5.73 Å². The van der Waals surface area contributed by atoms with Crippen molar-refractivity contribution in [2.75, 3.05) is 5.73 Å². The van der Waals surface area contributed by atoms with Crippen molar-refractivity contribution in [3.05, 3.63) is 70.8 Å². The van der Waals surface area contributed by atoms with Gasteiger partial charge in [0.1, 0.15) is 0 Å². The number of rotatable bonds is 1. The summed E-state index contributed by atoms with van der Waals surface area (Å²) in [7, 11) is 0. The monoisotopic (exact) mass is 276 g/mol. The highest BCUT2D eigenvalue weighted by Gasteiger charge is 1.98. The summed E-state index contributed by atoms with van der Waals surface area (Å²) in [6.07, 6.45) is 0. The maximum Gasteiger partial charge on any atom is 0.269 e. The highest BCUT2D eigenvalue weighted by atomic mass is 16.6. The number of non-ortho nitro benzene ring substituents is 1. The van der Waals surface area contributed by atoms with E-state index < -0.39 is 4.92 Å². The predicted octanol–water partition coefficient (Wildman–Crippen LogP) is 4.92. The molecule has 20 heavy (non-hydrogen) atoms. The molecule has 0 saturated carbocycles. The summed E-state index contributed by atoms with van der Waals surface area (Å²) >= 11 is 0. The maximum absolute atomic E-state index is 10.0. The molecule has 2 aromatic rings. The smallest absolute Gasteiger partial charge is 0.269 e. The lowest BCUT2D eigenvalue weighted by Crippen LogP contribution is -1.84. The minimum absolute atomic E-state index is 0.137. The summed E-state index contributed by atoms with van der Waals surface area (Å²) in [5, 5.41) is 10.0. The molecule has 2 aromatic carbocycles. The fraction of sp³-hybridized carbons (Fsp3) is 0.250. The molecule has 2 rings (SSSR count). The molecule has 0 atom stereocenters. The number of hydrogen-bond acceptors (Lipinski definition) is 3. The Morgan fingerprint density at radius 1 is 0.800 bits per heavy atom. The van der Waals surface area contributed by atoms with Crippen molar-refractivity contribution in [2.24, 2.45) is 0 Å². The fourth-order valence-electron chi connectivity index (χ4n) is 1.00. The fourth-order valence-corrected chi connectivity index (χ4v) is 1.00. The van der Waals surface area contributed by atoms with Gasteiger partial charge in [0.15, 0.2) is 0 Å². The summed E-state index contributed by atoms with van der Waals surface area (Å²) in [5.74, 6) is 0. The van der Waals surface area contributed by atoms with Crippen molar-refractivity contribution in [1.82, 2.24) is 0 Å². The molecule has 0 unspecified atom stereocenters. The van der Waals surface area contributed by atoms with E-state index in [4.69, 9.17) is 5.73 Å². The zero-order valence-corrected chi connectivity index (χ0v) is 12.6. The Morgan fingerprint density at radius 2 is 1.15 bits per heavy atom. The Balaban J connectivity index is 0. The van der Waals surface area contributed by atoms with Gasteiger partial charge in [-0.1, -0.05) is 64.1 Å². The van der Waals surface area contributed by atoms with Crippen LogP contribution in [0.25, 0.3) is 0 Å². The molecule has 4 nitrogen and oxygen atoms in total. The summed E-state index contributed by atoms with van der Waals surface area (Å²) in [4.78, 5) is 9.59. The molecule has 0 fully saturated rings. The Bertz CT molecular complexity index is 431. The largest absolute Gasteiger partial charge is 0.399 e. The molecule has 0 bridgehead atoms. The number of nitro groups is 1. The first-order valence-electron chi connectivity index (χ1n) is 6.70. The van der Waals surface area contributed by atoms with Crippen molar-refractivity contribution >= 4 is 11.4 Å². The summed E-state index contributed by atoms with van der Waals surface area (Å²) < 4.78 is 0. The highest BCUT2D eigenvalue weighted by Crippen LogP contribution is 2.06. The number of nitrogens with zero attached hydrogens (tertiary/aromatic N) is 1. The van der Waals surface area contributed by atoms with E-state index in [1.165, 1.54) is 12.1 Å². The van der Waals surface area contributed by atoms with Crippen LogP contribution in [0.15, 0.2) is 60.7 Å². The Morgan fingerprint density at radius 3 is 1.35 bits per heavy atom. The molecule has 0 aliphatic carbocycles. The number of nitro benzene ring substituents is 1. The third-order valence-corrected chi connectivity index (χ3v) is 1.77. The van der Waals surface area contributed by atoms with Gasteiger partial charge in [0.05, 0.1) is 4.92 Å². The number of nitrogens with two attached hydrogens (primary N) is 1. The van der Waals surface area contributed by atoms with Crippen molar-refractivity contribution < 1.29 is 4.92 Å². The Kier molecular flexibility index (Phi) is 14.7. The molecule has 0 spiro atoms. The third-order valence-electron chi connectivity index (χ3n) is 1.77. The molecule has 4 heteroatoms. The van der Waals surface area contributed by atoms with Crippen molar-refractivity contribution in [2.45, 2.75) is 27.7 Å². The standard InChI is InChI=1S/C6H5NO2.C6H7N.2C2H6/c8-7(9)6-4-2-1-3-5-6;7-6-4-2-1-3-5-6;2*1-2/h1-5H;1-5H,7H2;2*1-2H3. The van der Waals surface area contributed by atoms with Crippen LogP contribution in [0.1, 0.15) is 27.7 Å². The molecule has 0 radical (unpaired) electrons. The number of anilines is 1. The van der Waals surface area contributed by atoms with Crippen LogP contribution in [0, 0.1) is 10.1 Å². The van der Waals surface area contributed by atoms with Gasteiger partial charge < -0.3 is 5.73 Å². The maximum atomic E-state index is 10.0. The van der Waals surface area contributed by atoms with Crippen LogP contribution in [0.2, 0.25) is 0 Å². The minimum atomic E-state index is -0.417. The molecule has 110 valence electrons. The average Bonchev–Trinajstić information content (AvgIpc) is 2.53. The Hall–Kier alpha value is -2.36. The van der Waals surface area contributed by atoms with Gasteiger partial charge >= 0.3 is 0 Å². The van der Waals surface area contributed by atoms with Crippen LogP contribution in [-0.2, 0) is 0 Å². The molecule has 0 saturated heterocycles. The molecule has 0 aliphatic rings. The number of hydrogen-bond donors (Lipinski definition) is 1. The number of para-hydroxylation sites is 2. The van der Waals surface area contributed by atoms with Crippen molar-refractivity contribution in [3.63, 3.8) is 0 Å². The molecule has 2 N–H and O–H groups in total. The zero-order valence-electron chi connectivity index (χ0n) is 12.6. The first kappa shape index (κ1) is 20.0. The molecule has 0 heterocycles. The second-order valence-electron chi connectivity index (χ2n) is 3.00. The van der Waals surface area contributed by atoms with Crippen LogP contribution in [0.5, 0.6) is 0 Å². The summed E-state index contributed by atoms with van der Waals surface area (Å²) in [6.45, 7) is 8.00. The van der Waals surface area contributed by atoms with E-state index in [2.05, 4.69) is 0 Å². The molecule has 0 aliphatic heterocycles. The molecule has 0 aromatic heterocycles. The SMILES string of the molecule is CC.CC.Nc1ccccc1.O=[N+]([O-])c1ccccc1. The third kappa shape index (κ3) is 10.8. The summed E-state index contributed by atoms with van der Waals surface area (Å²) in [6, 6.07) is 17.4. The zero-order chi connectivity index (χ0) is 15.8. The lowest BCUT2D eigenvalue weighted by molar-refractivity contribution is -0.384. The van der Waals surface area contributed by atoms with Gasteiger partial charge in [-0.25, -0.2) is 0 Å². The van der Waals surface area contributed by atoms with E-state index in [0.29, 0.717) is 0 Å². The topological polar surface area (TPSA) is 69.2 Å². The number of nitrogen functional groups attached to an aromatic ring is 1. The van der Waals surface area contributed by atoms with E-state index in [-0.39, 0.29) is 5.69 Å². The lowest BCUT2D eigenvalue weighted by atomic mass is 10.3. The molecular formula is C16H24N2O2. The van der Waals surface area contributed by atoms with Gasteiger partial charge in [-0.3, -0.25) is 10.1 Å². The number of benzene rings is 2. The van der Waals surface area contributed by atoms with E-state index in [0.717, 1.165) is 5.69 Å². The highest BCUT2D eigenvalue weighted by molar-refractivity contribution is 5.35. The average molecular weight is 276 g/mol. The van der Waals surface area contributed by atoms with Crippen molar-refractivity contribution in [1.29, 1.82) is 0 Å². The van der Waals surface area contributed by atoms with E-state index >= 15 is 0 Å². The van der Waals surface area contributed by atoms with E-state index in [1.54, 1.807) is 18.2 Å². The van der Waals surface area contributed by atoms with Crippen molar-refractivity contribution in [3.8, 4) is 0 Å². The van der Waals surface area contributed by atoms with Gasteiger partial charge in [-0.2, -0.15) is 0 Å². The van der Waals surface area contributed by atoms with Gasteiger partial charge in [-0.05, 0) is 12.1 Å². The quantitative estimate of drug-likeness (QED) is 0.457. The van der Waals surface area contributed by atoms with E-state index in [1.807, 2.05) is 58.0 Å².